The minimum Gasteiger partial charge on any atom is -0.493 e. The zero-order chi connectivity index (χ0) is 12.7. The number of hydrogen-bond acceptors (Lipinski definition) is 3. The van der Waals surface area contributed by atoms with Gasteiger partial charge in [0.1, 0.15) is 11.4 Å². The molecule has 1 N–H and O–H groups in total. The van der Waals surface area contributed by atoms with Crippen molar-refractivity contribution in [1.82, 2.24) is 9.55 Å². The summed E-state index contributed by atoms with van der Waals surface area (Å²) in [6.07, 6.45) is 2.38. The number of benzene rings is 1. The molecule has 18 heavy (non-hydrogen) atoms. The summed E-state index contributed by atoms with van der Waals surface area (Å²) in [6, 6.07) is 5.67. The Morgan fingerprint density at radius 3 is 3.11 bits per heavy atom. The second-order valence-corrected chi connectivity index (χ2v) is 4.28. The summed E-state index contributed by atoms with van der Waals surface area (Å²) in [5.41, 5.74) is 2.63. The van der Waals surface area contributed by atoms with E-state index in [4.69, 9.17) is 4.74 Å². The zero-order valence-electron chi connectivity index (χ0n) is 9.88. The summed E-state index contributed by atoms with van der Waals surface area (Å²) in [4.78, 5) is 15.4. The summed E-state index contributed by atoms with van der Waals surface area (Å²) < 4.78 is 6.95. The third-order valence-electron chi connectivity index (χ3n) is 3.10. The van der Waals surface area contributed by atoms with Gasteiger partial charge in [0.25, 0.3) is 0 Å². The van der Waals surface area contributed by atoms with Crippen LogP contribution >= 0.6 is 0 Å². The SMILES string of the molecule is Cn1cnc(-c2ccc3c(c2)CCO3)c1C(=O)O. The number of aryl methyl sites for hydroxylation is 1. The number of rotatable bonds is 2. The molecular formula is C13H12N2O3. The van der Waals surface area contributed by atoms with Gasteiger partial charge >= 0.3 is 5.97 Å². The van der Waals surface area contributed by atoms with Crippen LogP contribution in [0.5, 0.6) is 5.75 Å². The summed E-state index contributed by atoms with van der Waals surface area (Å²) in [6.45, 7) is 0.687. The Balaban J connectivity index is 2.13. The predicted molar refractivity (Wildman–Crippen MR) is 64.8 cm³/mol. The Morgan fingerprint density at radius 2 is 2.33 bits per heavy atom. The molecule has 2 heterocycles. The second kappa shape index (κ2) is 3.87. The molecule has 1 aromatic heterocycles. The summed E-state index contributed by atoms with van der Waals surface area (Å²) >= 11 is 0. The average molecular weight is 244 g/mol. The first-order valence-corrected chi connectivity index (χ1v) is 5.67. The lowest BCUT2D eigenvalue weighted by molar-refractivity contribution is 0.0687. The number of carboxylic acids is 1. The molecule has 0 atom stereocenters. The molecule has 0 fully saturated rings. The van der Waals surface area contributed by atoms with E-state index in [1.54, 1.807) is 7.05 Å². The van der Waals surface area contributed by atoms with Gasteiger partial charge in [-0.1, -0.05) is 0 Å². The summed E-state index contributed by atoms with van der Waals surface area (Å²) in [5.74, 6) is -0.0895. The molecular weight excluding hydrogens is 232 g/mol. The van der Waals surface area contributed by atoms with Gasteiger partial charge in [-0.15, -0.1) is 0 Å². The fourth-order valence-electron chi connectivity index (χ4n) is 2.23. The number of carboxylic acid groups (broad SMARTS) is 1. The predicted octanol–water partition coefficient (Wildman–Crippen LogP) is 1.72. The van der Waals surface area contributed by atoms with Crippen molar-refractivity contribution in [1.29, 1.82) is 0 Å². The lowest BCUT2D eigenvalue weighted by Crippen LogP contribution is -2.05. The van der Waals surface area contributed by atoms with Crippen LogP contribution in [0.15, 0.2) is 24.5 Å². The van der Waals surface area contributed by atoms with E-state index in [2.05, 4.69) is 4.98 Å². The van der Waals surface area contributed by atoms with Crippen molar-refractivity contribution in [3.05, 3.63) is 35.8 Å². The molecule has 2 aromatic rings. The largest absolute Gasteiger partial charge is 0.493 e. The Morgan fingerprint density at radius 1 is 1.50 bits per heavy atom. The highest BCUT2D eigenvalue weighted by molar-refractivity contribution is 5.93. The Bertz CT molecular complexity index is 631. The minimum atomic E-state index is -0.971. The normalized spacial score (nSPS) is 13.2. The van der Waals surface area contributed by atoms with Crippen LogP contribution in [0.2, 0.25) is 0 Å². The van der Waals surface area contributed by atoms with Crippen molar-refractivity contribution >= 4 is 5.97 Å². The van der Waals surface area contributed by atoms with Gasteiger partial charge in [-0.25, -0.2) is 9.78 Å². The molecule has 0 aliphatic carbocycles. The van der Waals surface area contributed by atoms with Crippen LogP contribution in [0.3, 0.4) is 0 Å². The molecule has 1 aromatic carbocycles. The van der Waals surface area contributed by atoms with E-state index in [0.29, 0.717) is 12.3 Å². The van der Waals surface area contributed by atoms with Gasteiger partial charge in [-0.3, -0.25) is 0 Å². The molecule has 3 rings (SSSR count). The molecule has 0 spiro atoms. The highest BCUT2D eigenvalue weighted by atomic mass is 16.5. The molecule has 92 valence electrons. The lowest BCUT2D eigenvalue weighted by atomic mass is 10.0. The van der Waals surface area contributed by atoms with Crippen LogP contribution in [0.1, 0.15) is 16.1 Å². The Hall–Kier alpha value is -2.30. The van der Waals surface area contributed by atoms with Crippen molar-refractivity contribution in [3.63, 3.8) is 0 Å². The minimum absolute atomic E-state index is 0.203. The first kappa shape index (κ1) is 10.8. The maximum Gasteiger partial charge on any atom is 0.354 e. The standard InChI is InChI=1S/C13H12N2O3/c1-15-7-14-11(12(15)13(16)17)9-2-3-10-8(6-9)4-5-18-10/h2-3,6-7H,4-5H2,1H3,(H,16,17). The molecule has 5 nitrogen and oxygen atoms in total. The van der Waals surface area contributed by atoms with Crippen LogP contribution in [0.25, 0.3) is 11.3 Å². The summed E-state index contributed by atoms with van der Waals surface area (Å²) in [5, 5.41) is 9.20. The molecule has 0 bridgehead atoms. The van der Waals surface area contributed by atoms with Gasteiger partial charge in [0.2, 0.25) is 0 Å². The van der Waals surface area contributed by atoms with Crippen molar-refractivity contribution in [2.45, 2.75) is 6.42 Å². The highest BCUT2D eigenvalue weighted by Crippen LogP contribution is 2.31. The van der Waals surface area contributed by atoms with E-state index in [1.807, 2.05) is 18.2 Å². The average Bonchev–Trinajstić information content (AvgIpc) is 2.93. The molecule has 1 aliphatic rings. The van der Waals surface area contributed by atoms with Crippen LogP contribution in [0.4, 0.5) is 0 Å². The number of fused-ring (bicyclic) bond motifs is 1. The smallest absolute Gasteiger partial charge is 0.354 e. The van der Waals surface area contributed by atoms with E-state index in [1.165, 1.54) is 10.9 Å². The molecule has 5 heteroatoms. The van der Waals surface area contributed by atoms with E-state index in [9.17, 15) is 9.90 Å². The number of carbonyl (C=O) groups is 1. The van der Waals surface area contributed by atoms with E-state index in [0.717, 1.165) is 23.3 Å². The van der Waals surface area contributed by atoms with E-state index in [-0.39, 0.29) is 5.69 Å². The number of aromatic carboxylic acids is 1. The van der Waals surface area contributed by atoms with Crippen molar-refractivity contribution in [2.24, 2.45) is 7.05 Å². The zero-order valence-corrected chi connectivity index (χ0v) is 9.88. The lowest BCUT2D eigenvalue weighted by Gasteiger charge is -2.04. The van der Waals surface area contributed by atoms with Crippen molar-refractivity contribution in [2.75, 3.05) is 6.61 Å². The fraction of sp³-hybridized carbons (Fsp3) is 0.231. The molecule has 0 radical (unpaired) electrons. The maximum atomic E-state index is 11.2. The maximum absolute atomic E-state index is 11.2. The van der Waals surface area contributed by atoms with Gasteiger partial charge < -0.3 is 14.4 Å². The monoisotopic (exact) mass is 244 g/mol. The van der Waals surface area contributed by atoms with Crippen LogP contribution in [0, 0.1) is 0 Å². The molecule has 0 saturated carbocycles. The van der Waals surface area contributed by atoms with Gasteiger partial charge in [0.05, 0.1) is 12.9 Å². The molecule has 0 unspecified atom stereocenters. The number of hydrogen-bond donors (Lipinski definition) is 1. The fourth-order valence-corrected chi connectivity index (χ4v) is 2.23. The number of aromatic nitrogens is 2. The second-order valence-electron chi connectivity index (χ2n) is 4.28. The van der Waals surface area contributed by atoms with Crippen LogP contribution in [-0.4, -0.2) is 27.2 Å². The first-order valence-electron chi connectivity index (χ1n) is 5.67. The van der Waals surface area contributed by atoms with Gasteiger partial charge in [-0.05, 0) is 23.8 Å². The number of nitrogens with zero attached hydrogens (tertiary/aromatic N) is 2. The first-order chi connectivity index (χ1) is 8.66. The van der Waals surface area contributed by atoms with Crippen LogP contribution in [-0.2, 0) is 13.5 Å². The topological polar surface area (TPSA) is 64.4 Å². The highest BCUT2D eigenvalue weighted by Gasteiger charge is 2.19. The van der Waals surface area contributed by atoms with Crippen molar-refractivity contribution < 1.29 is 14.6 Å². The quantitative estimate of drug-likeness (QED) is 0.873. The Labute approximate surface area is 104 Å². The van der Waals surface area contributed by atoms with E-state index >= 15 is 0 Å². The Kier molecular flexibility index (Phi) is 2.33. The molecule has 1 aliphatic heterocycles. The van der Waals surface area contributed by atoms with E-state index < -0.39 is 5.97 Å². The molecule has 0 saturated heterocycles. The molecule has 0 amide bonds. The number of ether oxygens (including phenoxy) is 1. The van der Waals surface area contributed by atoms with Crippen LogP contribution < -0.4 is 4.74 Å². The van der Waals surface area contributed by atoms with Gasteiger partial charge in [0, 0.05) is 19.0 Å². The van der Waals surface area contributed by atoms with Crippen molar-refractivity contribution in [3.8, 4) is 17.0 Å². The van der Waals surface area contributed by atoms with Gasteiger partial charge in [0.15, 0.2) is 5.69 Å². The third-order valence-corrected chi connectivity index (χ3v) is 3.10. The summed E-state index contributed by atoms with van der Waals surface area (Å²) in [7, 11) is 1.68. The number of imidazole rings is 1. The third kappa shape index (κ3) is 1.55. The van der Waals surface area contributed by atoms with Gasteiger partial charge in [-0.2, -0.15) is 0 Å².